The maximum atomic E-state index is 13.3. The van der Waals surface area contributed by atoms with Crippen LogP contribution in [0.5, 0.6) is 0 Å². The number of carbonyl (C=O) groups excluding carboxylic acids is 1. The van der Waals surface area contributed by atoms with E-state index in [0.717, 1.165) is 10.7 Å². The first kappa shape index (κ1) is 16.8. The highest BCUT2D eigenvalue weighted by molar-refractivity contribution is 6.03. The first-order valence-electron chi connectivity index (χ1n) is 7.46. The number of hydrogen-bond acceptors (Lipinski definition) is 2. The Kier molecular flexibility index (Phi) is 4.31. The van der Waals surface area contributed by atoms with Crippen LogP contribution in [-0.2, 0) is 6.18 Å². The van der Waals surface area contributed by atoms with Gasteiger partial charge in [-0.1, -0.05) is 30.3 Å². The fourth-order valence-corrected chi connectivity index (χ4v) is 2.45. The largest absolute Gasteiger partial charge is 0.418 e. The second kappa shape index (κ2) is 6.43. The number of aromatic nitrogens is 2. The van der Waals surface area contributed by atoms with Gasteiger partial charge < -0.3 is 5.32 Å². The minimum absolute atomic E-state index is 0.147. The molecule has 3 aromatic rings. The lowest BCUT2D eigenvalue weighted by atomic mass is 10.1. The average molecular weight is 345 g/mol. The van der Waals surface area contributed by atoms with Crippen molar-refractivity contribution in [2.24, 2.45) is 0 Å². The van der Waals surface area contributed by atoms with Gasteiger partial charge in [0.1, 0.15) is 5.82 Å². The zero-order valence-electron chi connectivity index (χ0n) is 13.2. The quantitative estimate of drug-likeness (QED) is 0.762. The predicted molar refractivity (Wildman–Crippen MR) is 87.7 cm³/mol. The van der Waals surface area contributed by atoms with Crippen LogP contribution >= 0.6 is 0 Å². The molecule has 0 radical (unpaired) electrons. The van der Waals surface area contributed by atoms with Crippen molar-refractivity contribution in [1.29, 1.82) is 0 Å². The van der Waals surface area contributed by atoms with Gasteiger partial charge in [0, 0.05) is 11.6 Å². The molecule has 4 nitrogen and oxygen atoms in total. The third-order valence-electron chi connectivity index (χ3n) is 3.55. The summed E-state index contributed by atoms with van der Waals surface area (Å²) in [6.45, 7) is 1.64. The molecule has 1 N–H and O–H groups in total. The number of carbonyl (C=O) groups is 1. The topological polar surface area (TPSA) is 46.9 Å². The van der Waals surface area contributed by atoms with Crippen LogP contribution in [0.4, 0.5) is 19.0 Å². The molecule has 0 atom stereocenters. The van der Waals surface area contributed by atoms with Crippen LogP contribution in [0.15, 0.2) is 60.7 Å². The van der Waals surface area contributed by atoms with Crippen molar-refractivity contribution in [2.45, 2.75) is 13.1 Å². The van der Waals surface area contributed by atoms with Gasteiger partial charge in [-0.3, -0.25) is 4.79 Å². The lowest BCUT2D eigenvalue weighted by Crippen LogP contribution is -2.17. The lowest BCUT2D eigenvalue weighted by Gasteiger charge is -2.15. The summed E-state index contributed by atoms with van der Waals surface area (Å²) in [5.41, 5.74) is -0.0860. The van der Waals surface area contributed by atoms with Gasteiger partial charge in [0.05, 0.1) is 16.9 Å². The summed E-state index contributed by atoms with van der Waals surface area (Å²) in [4.78, 5) is 12.3. The molecule has 0 aliphatic rings. The number of alkyl halides is 3. The van der Waals surface area contributed by atoms with Crippen LogP contribution in [-0.4, -0.2) is 15.7 Å². The maximum absolute atomic E-state index is 13.3. The number of para-hydroxylation sites is 1. The second-order valence-corrected chi connectivity index (χ2v) is 5.42. The third kappa shape index (κ3) is 3.55. The number of anilines is 1. The standard InChI is InChI=1S/C18H14F3N3O/c1-12-11-16(22-17(25)13-7-3-2-4-8-13)24(23-12)15-10-6-5-9-14(15)18(19,20)21/h2-11H,1H3,(H,22,25). The number of rotatable bonds is 3. The van der Waals surface area contributed by atoms with Crippen molar-refractivity contribution >= 4 is 11.7 Å². The molecule has 2 aromatic carbocycles. The maximum Gasteiger partial charge on any atom is 0.418 e. The number of benzene rings is 2. The molecule has 128 valence electrons. The molecule has 0 unspecified atom stereocenters. The number of nitrogens with one attached hydrogen (secondary N) is 1. The van der Waals surface area contributed by atoms with Crippen LogP contribution in [0.25, 0.3) is 5.69 Å². The van der Waals surface area contributed by atoms with Crippen LogP contribution in [0.1, 0.15) is 21.6 Å². The van der Waals surface area contributed by atoms with E-state index in [1.165, 1.54) is 24.3 Å². The Balaban J connectivity index is 2.02. The number of nitrogens with zero attached hydrogens (tertiary/aromatic N) is 2. The summed E-state index contributed by atoms with van der Waals surface area (Å²) in [5, 5.41) is 6.72. The third-order valence-corrected chi connectivity index (χ3v) is 3.55. The van der Waals surface area contributed by atoms with Gasteiger partial charge in [0.25, 0.3) is 5.91 Å². The molecule has 1 aromatic heterocycles. The van der Waals surface area contributed by atoms with E-state index in [1.54, 1.807) is 37.3 Å². The number of aryl methyl sites for hydroxylation is 1. The highest BCUT2D eigenvalue weighted by Gasteiger charge is 2.34. The molecule has 0 saturated carbocycles. The number of amides is 1. The van der Waals surface area contributed by atoms with Crippen molar-refractivity contribution in [3.63, 3.8) is 0 Å². The minimum atomic E-state index is -4.53. The Bertz CT molecular complexity index is 901. The van der Waals surface area contributed by atoms with Gasteiger partial charge in [0.15, 0.2) is 0 Å². The van der Waals surface area contributed by atoms with E-state index < -0.39 is 17.6 Å². The average Bonchev–Trinajstić information content (AvgIpc) is 2.95. The summed E-state index contributed by atoms with van der Waals surface area (Å²) in [7, 11) is 0. The summed E-state index contributed by atoms with van der Waals surface area (Å²) in [6, 6.07) is 15.0. The van der Waals surface area contributed by atoms with Crippen LogP contribution in [0.2, 0.25) is 0 Å². The molecule has 7 heteroatoms. The van der Waals surface area contributed by atoms with E-state index in [4.69, 9.17) is 0 Å². The van der Waals surface area contributed by atoms with Gasteiger partial charge >= 0.3 is 6.18 Å². The van der Waals surface area contributed by atoms with Crippen molar-refractivity contribution in [2.75, 3.05) is 5.32 Å². The Morgan fingerprint density at radius 1 is 1.04 bits per heavy atom. The van der Waals surface area contributed by atoms with Gasteiger partial charge in [-0.2, -0.15) is 18.3 Å². The van der Waals surface area contributed by atoms with Gasteiger partial charge in [-0.05, 0) is 31.2 Å². The Morgan fingerprint density at radius 3 is 2.36 bits per heavy atom. The van der Waals surface area contributed by atoms with Crippen molar-refractivity contribution in [3.05, 3.63) is 77.5 Å². The van der Waals surface area contributed by atoms with Crippen LogP contribution in [0.3, 0.4) is 0 Å². The SMILES string of the molecule is Cc1cc(NC(=O)c2ccccc2)n(-c2ccccc2C(F)(F)F)n1. The van der Waals surface area contributed by atoms with Crippen molar-refractivity contribution < 1.29 is 18.0 Å². The first-order chi connectivity index (χ1) is 11.9. The molecule has 3 rings (SSSR count). The minimum Gasteiger partial charge on any atom is -0.306 e. The Labute approximate surface area is 141 Å². The molecule has 0 aliphatic heterocycles. The number of halogens is 3. The zero-order valence-corrected chi connectivity index (χ0v) is 13.2. The summed E-state index contributed by atoms with van der Waals surface area (Å²) >= 11 is 0. The first-order valence-corrected chi connectivity index (χ1v) is 7.46. The van der Waals surface area contributed by atoms with E-state index in [0.29, 0.717) is 11.3 Å². The molecule has 0 fully saturated rings. The summed E-state index contributed by atoms with van der Waals surface area (Å²) in [5.74, 6) is -0.255. The molecule has 1 heterocycles. The van der Waals surface area contributed by atoms with E-state index in [1.807, 2.05) is 0 Å². The number of hydrogen-bond donors (Lipinski definition) is 1. The molecule has 0 spiro atoms. The molecule has 0 saturated heterocycles. The molecular weight excluding hydrogens is 331 g/mol. The Hall–Kier alpha value is -3.09. The fraction of sp³-hybridized carbons (Fsp3) is 0.111. The highest BCUT2D eigenvalue weighted by atomic mass is 19.4. The monoisotopic (exact) mass is 345 g/mol. The van der Waals surface area contributed by atoms with E-state index in [9.17, 15) is 18.0 Å². The van der Waals surface area contributed by atoms with Crippen LogP contribution < -0.4 is 5.32 Å². The predicted octanol–water partition coefficient (Wildman–Crippen LogP) is 4.45. The molecule has 25 heavy (non-hydrogen) atoms. The molecular formula is C18H14F3N3O. The summed E-state index contributed by atoms with van der Waals surface area (Å²) < 4.78 is 40.9. The molecule has 0 bridgehead atoms. The van der Waals surface area contributed by atoms with E-state index in [-0.39, 0.29) is 11.5 Å². The van der Waals surface area contributed by atoms with Gasteiger partial charge in [-0.15, -0.1) is 0 Å². The lowest BCUT2D eigenvalue weighted by molar-refractivity contribution is -0.137. The molecule has 0 aliphatic carbocycles. The van der Waals surface area contributed by atoms with Crippen LogP contribution in [0, 0.1) is 6.92 Å². The summed E-state index contributed by atoms with van der Waals surface area (Å²) in [6.07, 6.45) is -4.53. The van der Waals surface area contributed by atoms with E-state index >= 15 is 0 Å². The van der Waals surface area contributed by atoms with Gasteiger partial charge in [-0.25, -0.2) is 4.68 Å². The Morgan fingerprint density at radius 2 is 1.68 bits per heavy atom. The normalized spacial score (nSPS) is 11.4. The van der Waals surface area contributed by atoms with Crippen molar-refractivity contribution in [3.8, 4) is 5.69 Å². The fourth-order valence-electron chi connectivity index (χ4n) is 2.45. The van der Waals surface area contributed by atoms with E-state index in [2.05, 4.69) is 10.4 Å². The second-order valence-electron chi connectivity index (χ2n) is 5.42. The zero-order chi connectivity index (χ0) is 18.0. The molecule has 1 amide bonds. The van der Waals surface area contributed by atoms with Gasteiger partial charge in [0.2, 0.25) is 0 Å². The highest BCUT2D eigenvalue weighted by Crippen LogP contribution is 2.34. The van der Waals surface area contributed by atoms with Crippen molar-refractivity contribution in [1.82, 2.24) is 9.78 Å². The smallest absolute Gasteiger partial charge is 0.306 e.